The number of rotatable bonds is 8. The lowest BCUT2D eigenvalue weighted by atomic mass is 9.72. The van der Waals surface area contributed by atoms with Gasteiger partial charge in [0, 0.05) is 18.2 Å². The minimum Gasteiger partial charge on any atom is -0.488 e. The van der Waals surface area contributed by atoms with Gasteiger partial charge in [0.15, 0.2) is 0 Å². The third-order valence-corrected chi connectivity index (χ3v) is 7.92. The number of carboxylic acids is 1. The van der Waals surface area contributed by atoms with E-state index in [9.17, 15) is 4.79 Å². The molecule has 0 aromatic heterocycles. The first-order chi connectivity index (χ1) is 20.5. The lowest BCUT2D eigenvalue weighted by Crippen LogP contribution is -2.19. The van der Waals surface area contributed by atoms with E-state index in [1.807, 2.05) is 18.2 Å². The number of ether oxygens (including phenoxy) is 1. The van der Waals surface area contributed by atoms with Crippen LogP contribution in [0.3, 0.4) is 0 Å². The lowest BCUT2D eigenvalue weighted by molar-refractivity contribution is -0.131. The maximum absolute atomic E-state index is 10.5. The van der Waals surface area contributed by atoms with Crippen LogP contribution in [0.15, 0.2) is 113 Å². The van der Waals surface area contributed by atoms with Crippen LogP contribution in [0, 0.1) is 5.41 Å². The topological polar surface area (TPSA) is 49.8 Å². The summed E-state index contributed by atoms with van der Waals surface area (Å²) in [5.41, 5.74) is 10.1. The number of carbonyl (C=O) groups is 1. The standard InChI is InChI=1S/C20H28O2.C19H21NO/c1-15(8-6-9-16(2)14-19(21)22)11-12-18-17(3)10-7-13-20(18,4)5;1-20(2)13-7-11-17-16-9-4-3-8-15(16)14-21-19-12-6-5-10-18(17)19/h6,8-9,11-12,14H,7,10,13H2,1-5H3,(H,21,22);3-6,8-12H,7,13-14H2,1-2H3/b9-6+,12-11+,15-8+,16-14+;. The number of fused-ring (bicyclic) bond motifs is 2. The quantitative estimate of drug-likeness (QED) is 0.250. The maximum Gasteiger partial charge on any atom is 0.328 e. The maximum atomic E-state index is 10.5. The van der Waals surface area contributed by atoms with Gasteiger partial charge in [-0.25, -0.2) is 4.79 Å². The number of hydrogen-bond donors (Lipinski definition) is 1. The zero-order valence-corrected chi connectivity index (χ0v) is 27.1. The molecule has 4 rings (SSSR count). The van der Waals surface area contributed by atoms with Crippen LogP contribution in [0.4, 0.5) is 0 Å². The molecule has 0 saturated carbocycles. The largest absolute Gasteiger partial charge is 0.488 e. The normalized spacial score (nSPS) is 17.8. The fourth-order valence-electron chi connectivity index (χ4n) is 5.59. The van der Waals surface area contributed by atoms with Crippen molar-refractivity contribution in [2.45, 2.75) is 66.9 Å². The van der Waals surface area contributed by atoms with Crippen molar-refractivity contribution >= 4 is 11.5 Å². The van der Waals surface area contributed by atoms with Gasteiger partial charge in [0.25, 0.3) is 0 Å². The van der Waals surface area contributed by atoms with Crippen LogP contribution in [0.25, 0.3) is 5.57 Å². The lowest BCUT2D eigenvalue weighted by Gasteiger charge is -2.32. The van der Waals surface area contributed by atoms with Gasteiger partial charge >= 0.3 is 5.97 Å². The summed E-state index contributed by atoms with van der Waals surface area (Å²) in [6.45, 7) is 12.4. The number of hydrogen-bond acceptors (Lipinski definition) is 3. The van der Waals surface area contributed by atoms with Crippen LogP contribution in [0.2, 0.25) is 0 Å². The zero-order chi connectivity index (χ0) is 31.4. The van der Waals surface area contributed by atoms with E-state index in [0.717, 1.165) is 29.9 Å². The average Bonchev–Trinajstić information content (AvgIpc) is 3.09. The SMILES string of the molecule is CC1=C(/C=C/C(C)=C/C=C/C(C)=C/C(=O)O)C(C)(C)CCC1.CN(C)CCC=C1c2ccccc2COc2ccccc21. The molecule has 0 atom stereocenters. The zero-order valence-electron chi connectivity index (χ0n) is 27.1. The van der Waals surface area contributed by atoms with E-state index in [4.69, 9.17) is 9.84 Å². The van der Waals surface area contributed by atoms with Crippen LogP contribution in [0.5, 0.6) is 5.75 Å². The average molecular weight is 580 g/mol. The summed E-state index contributed by atoms with van der Waals surface area (Å²) in [5.74, 6) is 0.0643. The van der Waals surface area contributed by atoms with Gasteiger partial charge in [0.2, 0.25) is 0 Å². The second kappa shape index (κ2) is 16.1. The van der Waals surface area contributed by atoms with Crippen LogP contribution < -0.4 is 4.74 Å². The first-order valence-electron chi connectivity index (χ1n) is 15.3. The Hall–Kier alpha value is -3.89. The second-order valence-electron chi connectivity index (χ2n) is 12.4. The van der Waals surface area contributed by atoms with Crippen molar-refractivity contribution in [3.63, 3.8) is 0 Å². The molecule has 1 aliphatic carbocycles. The van der Waals surface area contributed by atoms with E-state index in [-0.39, 0.29) is 5.41 Å². The van der Waals surface area contributed by atoms with E-state index in [2.05, 4.69) is 107 Å². The Bertz CT molecular complexity index is 1400. The number of benzene rings is 2. The molecule has 2 aromatic rings. The fourth-order valence-corrected chi connectivity index (χ4v) is 5.59. The minimum atomic E-state index is -0.912. The van der Waals surface area contributed by atoms with E-state index in [1.54, 1.807) is 13.0 Å². The summed E-state index contributed by atoms with van der Waals surface area (Å²) >= 11 is 0. The van der Waals surface area contributed by atoms with Crippen molar-refractivity contribution in [2.24, 2.45) is 5.41 Å². The van der Waals surface area contributed by atoms with Crippen molar-refractivity contribution in [1.29, 1.82) is 0 Å². The summed E-state index contributed by atoms with van der Waals surface area (Å²) in [4.78, 5) is 12.7. The molecule has 1 aliphatic heterocycles. The Balaban J connectivity index is 0.000000235. The van der Waals surface area contributed by atoms with Crippen molar-refractivity contribution in [3.05, 3.63) is 130 Å². The van der Waals surface area contributed by atoms with Crippen molar-refractivity contribution in [1.82, 2.24) is 4.90 Å². The minimum absolute atomic E-state index is 0.260. The number of nitrogens with zero attached hydrogens (tertiary/aromatic N) is 1. The molecule has 0 radical (unpaired) electrons. The molecule has 2 aliphatic rings. The Labute approximate surface area is 259 Å². The first kappa shape index (κ1) is 33.6. The Morgan fingerprint density at radius 2 is 1.70 bits per heavy atom. The molecule has 0 fully saturated rings. The number of aliphatic carboxylic acids is 1. The molecule has 0 amide bonds. The van der Waals surface area contributed by atoms with Gasteiger partial charge < -0.3 is 14.7 Å². The highest BCUT2D eigenvalue weighted by atomic mass is 16.5. The van der Waals surface area contributed by atoms with Gasteiger partial charge in [-0.15, -0.1) is 0 Å². The van der Waals surface area contributed by atoms with E-state index in [0.29, 0.717) is 6.61 Å². The van der Waals surface area contributed by atoms with Gasteiger partial charge in [-0.05, 0) is 99.9 Å². The molecule has 0 spiro atoms. The summed E-state index contributed by atoms with van der Waals surface area (Å²) in [5, 5.41) is 8.65. The highest BCUT2D eigenvalue weighted by Gasteiger charge is 2.26. The molecule has 0 unspecified atom stereocenters. The Morgan fingerprint density at radius 3 is 2.40 bits per heavy atom. The molecule has 43 heavy (non-hydrogen) atoms. The first-order valence-corrected chi connectivity index (χ1v) is 15.3. The van der Waals surface area contributed by atoms with Crippen molar-refractivity contribution < 1.29 is 14.6 Å². The van der Waals surface area contributed by atoms with Gasteiger partial charge in [-0.2, -0.15) is 0 Å². The molecule has 4 heteroatoms. The van der Waals surface area contributed by atoms with Crippen LogP contribution >= 0.6 is 0 Å². The smallest absolute Gasteiger partial charge is 0.328 e. The monoisotopic (exact) mass is 579 g/mol. The van der Waals surface area contributed by atoms with Crippen LogP contribution in [-0.2, 0) is 11.4 Å². The Kier molecular flexibility index (Phi) is 12.6. The second-order valence-corrected chi connectivity index (χ2v) is 12.4. The number of carboxylic acid groups (broad SMARTS) is 1. The predicted octanol–water partition coefficient (Wildman–Crippen LogP) is 9.56. The molecule has 0 saturated heterocycles. The molecule has 228 valence electrons. The molecular formula is C39H49NO3. The van der Waals surface area contributed by atoms with Gasteiger partial charge in [0.05, 0.1) is 0 Å². The highest BCUT2D eigenvalue weighted by Crippen LogP contribution is 2.41. The Morgan fingerprint density at radius 1 is 1.00 bits per heavy atom. The molecule has 1 heterocycles. The molecule has 0 bridgehead atoms. The summed E-state index contributed by atoms with van der Waals surface area (Å²) in [6.07, 6.45) is 18.4. The summed E-state index contributed by atoms with van der Waals surface area (Å²) in [6, 6.07) is 16.9. The van der Waals surface area contributed by atoms with Crippen LogP contribution in [-0.4, -0.2) is 36.6 Å². The number of allylic oxidation sites excluding steroid dienone is 9. The third-order valence-electron chi connectivity index (χ3n) is 7.92. The fraction of sp³-hybridized carbons (Fsp3) is 0.359. The molecule has 1 N–H and O–H groups in total. The van der Waals surface area contributed by atoms with Gasteiger partial charge in [-0.1, -0.05) is 104 Å². The molecular weight excluding hydrogens is 530 g/mol. The van der Waals surface area contributed by atoms with E-state index >= 15 is 0 Å². The number of para-hydroxylation sites is 1. The van der Waals surface area contributed by atoms with Gasteiger partial charge in [-0.3, -0.25) is 0 Å². The van der Waals surface area contributed by atoms with Crippen LogP contribution in [0.1, 0.15) is 77.0 Å². The van der Waals surface area contributed by atoms with Crippen molar-refractivity contribution in [3.8, 4) is 5.75 Å². The molecule has 2 aromatic carbocycles. The van der Waals surface area contributed by atoms with Crippen molar-refractivity contribution in [2.75, 3.05) is 20.6 Å². The third kappa shape index (κ3) is 10.4. The predicted molar refractivity (Wildman–Crippen MR) is 181 cm³/mol. The van der Waals surface area contributed by atoms with Gasteiger partial charge in [0.1, 0.15) is 12.4 Å². The highest BCUT2D eigenvalue weighted by molar-refractivity contribution is 5.85. The summed E-state index contributed by atoms with van der Waals surface area (Å²) in [7, 11) is 4.22. The van der Waals surface area contributed by atoms with E-state index in [1.165, 1.54) is 58.7 Å². The summed E-state index contributed by atoms with van der Waals surface area (Å²) < 4.78 is 5.98. The van der Waals surface area contributed by atoms with E-state index < -0.39 is 5.97 Å². The molecule has 4 nitrogen and oxygen atoms in total.